The number of hydrogen-bond acceptors (Lipinski definition) is 5. The van der Waals surface area contributed by atoms with Gasteiger partial charge in [0, 0.05) is 5.92 Å². The number of aryl methyl sites for hydroxylation is 2. The van der Waals surface area contributed by atoms with Crippen molar-refractivity contribution in [3.05, 3.63) is 11.5 Å². The van der Waals surface area contributed by atoms with Gasteiger partial charge in [0.25, 0.3) is 10.0 Å². The normalized spacial score (nSPS) is 29.1. The van der Waals surface area contributed by atoms with Crippen molar-refractivity contribution in [2.75, 3.05) is 0 Å². The number of sulfonamides is 1. The molecule has 2 fully saturated rings. The Morgan fingerprint density at radius 2 is 2.11 bits per heavy atom. The van der Waals surface area contributed by atoms with E-state index in [4.69, 9.17) is 4.52 Å². The lowest BCUT2D eigenvalue weighted by Gasteiger charge is -2.12. The van der Waals surface area contributed by atoms with Crippen molar-refractivity contribution in [2.45, 2.75) is 38.0 Å². The summed E-state index contributed by atoms with van der Waals surface area (Å²) in [4.78, 5) is 12.1. The largest absolute Gasteiger partial charge is 0.360 e. The summed E-state index contributed by atoms with van der Waals surface area (Å²) in [6.07, 6.45) is 2.88. The molecule has 2 aliphatic carbocycles. The average Bonchev–Trinajstić information content (AvgIpc) is 2.81. The van der Waals surface area contributed by atoms with Crippen LogP contribution in [0, 0.1) is 31.6 Å². The second-order valence-corrected chi connectivity index (χ2v) is 7.09. The molecular formula is C12H16N2O4S. The van der Waals surface area contributed by atoms with Gasteiger partial charge in [-0.3, -0.25) is 4.79 Å². The van der Waals surface area contributed by atoms with Crippen molar-refractivity contribution < 1.29 is 17.7 Å². The Kier molecular flexibility index (Phi) is 2.70. The standard InChI is InChI=1S/C12H16N2O4S/c1-6-11(7(2)18-13-6)19(16,17)14-12(15)9-4-3-8-5-10(8)9/h8-10H,3-5H2,1-2H3,(H,14,15)/t8-,9-,10+/m1/s1. The van der Waals surface area contributed by atoms with Crippen LogP contribution in [0.3, 0.4) is 0 Å². The Labute approximate surface area is 111 Å². The maximum atomic E-state index is 12.2. The van der Waals surface area contributed by atoms with Crippen LogP contribution in [0.15, 0.2) is 9.42 Å². The maximum absolute atomic E-state index is 12.2. The smallest absolute Gasteiger partial charge is 0.269 e. The van der Waals surface area contributed by atoms with Crippen molar-refractivity contribution in [3.8, 4) is 0 Å². The molecule has 3 rings (SSSR count). The minimum atomic E-state index is -3.88. The minimum Gasteiger partial charge on any atom is -0.360 e. The maximum Gasteiger partial charge on any atom is 0.269 e. The van der Waals surface area contributed by atoms with Crippen LogP contribution in [0.1, 0.15) is 30.7 Å². The number of carbonyl (C=O) groups excluding carboxylic acids is 1. The minimum absolute atomic E-state index is 0.0220. The summed E-state index contributed by atoms with van der Waals surface area (Å²) in [7, 11) is -3.88. The lowest BCUT2D eigenvalue weighted by molar-refractivity contribution is -0.123. The van der Waals surface area contributed by atoms with E-state index in [1.165, 1.54) is 6.92 Å². The third-order valence-corrected chi connectivity index (χ3v) is 5.74. The van der Waals surface area contributed by atoms with Gasteiger partial charge in [0.1, 0.15) is 5.69 Å². The summed E-state index contributed by atoms with van der Waals surface area (Å²) in [5, 5.41) is 3.60. The third kappa shape index (κ3) is 2.05. The molecule has 0 bridgehead atoms. The molecule has 2 aliphatic rings. The summed E-state index contributed by atoms with van der Waals surface area (Å²) >= 11 is 0. The molecule has 0 aromatic carbocycles. The molecule has 1 aromatic heterocycles. The van der Waals surface area contributed by atoms with Crippen molar-refractivity contribution in [1.29, 1.82) is 0 Å². The molecule has 0 saturated heterocycles. The highest BCUT2D eigenvalue weighted by Crippen LogP contribution is 2.55. The van der Waals surface area contributed by atoms with Gasteiger partial charge in [0.2, 0.25) is 5.91 Å². The van der Waals surface area contributed by atoms with E-state index >= 15 is 0 Å². The fourth-order valence-electron chi connectivity index (χ4n) is 3.15. The van der Waals surface area contributed by atoms with E-state index in [-0.39, 0.29) is 28.2 Å². The molecule has 104 valence electrons. The fraction of sp³-hybridized carbons (Fsp3) is 0.667. The van der Waals surface area contributed by atoms with E-state index in [1.807, 2.05) is 0 Å². The number of nitrogens with zero attached hydrogens (tertiary/aromatic N) is 1. The third-order valence-electron chi connectivity index (χ3n) is 4.15. The number of nitrogens with one attached hydrogen (secondary N) is 1. The van der Waals surface area contributed by atoms with Crippen molar-refractivity contribution >= 4 is 15.9 Å². The quantitative estimate of drug-likeness (QED) is 0.899. The van der Waals surface area contributed by atoms with Gasteiger partial charge in [-0.2, -0.15) is 0 Å². The van der Waals surface area contributed by atoms with Crippen LogP contribution in [-0.4, -0.2) is 19.5 Å². The van der Waals surface area contributed by atoms with E-state index < -0.39 is 10.0 Å². The van der Waals surface area contributed by atoms with Crippen LogP contribution >= 0.6 is 0 Å². The highest BCUT2D eigenvalue weighted by atomic mass is 32.2. The summed E-state index contributed by atoms with van der Waals surface area (Å²) in [5.41, 5.74) is 0.272. The van der Waals surface area contributed by atoms with Crippen LogP contribution in [-0.2, 0) is 14.8 Å². The first-order valence-corrected chi connectivity index (χ1v) is 7.88. The first-order chi connectivity index (χ1) is 8.90. The Morgan fingerprint density at radius 3 is 2.58 bits per heavy atom. The van der Waals surface area contributed by atoms with Gasteiger partial charge in [0.05, 0.1) is 0 Å². The number of aromatic nitrogens is 1. The predicted molar refractivity (Wildman–Crippen MR) is 65.6 cm³/mol. The molecule has 0 unspecified atom stereocenters. The molecule has 2 saturated carbocycles. The van der Waals surface area contributed by atoms with Crippen molar-refractivity contribution in [1.82, 2.24) is 9.88 Å². The van der Waals surface area contributed by atoms with Crippen LogP contribution in [0.25, 0.3) is 0 Å². The molecule has 19 heavy (non-hydrogen) atoms. The average molecular weight is 284 g/mol. The van der Waals surface area contributed by atoms with Gasteiger partial charge in [0.15, 0.2) is 10.7 Å². The van der Waals surface area contributed by atoms with Gasteiger partial charge in [-0.05, 0) is 44.9 Å². The van der Waals surface area contributed by atoms with Gasteiger partial charge < -0.3 is 4.52 Å². The number of fused-ring (bicyclic) bond motifs is 1. The first kappa shape index (κ1) is 12.7. The van der Waals surface area contributed by atoms with Crippen LogP contribution in [0.4, 0.5) is 0 Å². The summed E-state index contributed by atoms with van der Waals surface area (Å²) in [6.45, 7) is 3.06. The highest BCUT2D eigenvalue weighted by molar-refractivity contribution is 7.90. The molecule has 1 heterocycles. The molecule has 3 atom stereocenters. The van der Waals surface area contributed by atoms with Crippen LogP contribution in [0.5, 0.6) is 0 Å². The molecule has 1 aromatic rings. The highest BCUT2D eigenvalue weighted by Gasteiger charge is 2.51. The van der Waals surface area contributed by atoms with E-state index in [1.54, 1.807) is 6.92 Å². The van der Waals surface area contributed by atoms with Gasteiger partial charge in [-0.15, -0.1) is 0 Å². The lowest BCUT2D eigenvalue weighted by atomic mass is 10.0. The van der Waals surface area contributed by atoms with E-state index in [0.717, 1.165) is 19.3 Å². The first-order valence-electron chi connectivity index (χ1n) is 6.39. The number of hydrogen-bond donors (Lipinski definition) is 1. The van der Waals surface area contributed by atoms with Crippen molar-refractivity contribution in [2.24, 2.45) is 17.8 Å². The van der Waals surface area contributed by atoms with Crippen molar-refractivity contribution in [3.63, 3.8) is 0 Å². The zero-order chi connectivity index (χ0) is 13.8. The Morgan fingerprint density at radius 1 is 1.37 bits per heavy atom. The zero-order valence-corrected chi connectivity index (χ0v) is 11.7. The second kappa shape index (κ2) is 4.06. The summed E-state index contributed by atoms with van der Waals surface area (Å²) < 4.78 is 31.4. The number of rotatable bonds is 3. The summed E-state index contributed by atoms with van der Waals surface area (Å²) in [5.74, 6) is 0.691. The fourth-order valence-corrected chi connectivity index (χ4v) is 4.51. The van der Waals surface area contributed by atoms with Crippen LogP contribution < -0.4 is 4.72 Å². The number of carbonyl (C=O) groups is 1. The molecule has 0 aliphatic heterocycles. The molecule has 0 radical (unpaired) electrons. The van der Waals surface area contributed by atoms with E-state index in [2.05, 4.69) is 9.88 Å². The van der Waals surface area contributed by atoms with Gasteiger partial charge in [-0.1, -0.05) is 5.16 Å². The summed E-state index contributed by atoms with van der Waals surface area (Å²) in [6, 6.07) is 0. The molecular weight excluding hydrogens is 268 g/mol. The molecule has 1 N–H and O–H groups in total. The van der Waals surface area contributed by atoms with E-state index in [0.29, 0.717) is 11.8 Å². The lowest BCUT2D eigenvalue weighted by Crippen LogP contribution is -2.36. The Hall–Kier alpha value is -1.37. The molecule has 6 nitrogen and oxygen atoms in total. The Balaban J connectivity index is 1.80. The monoisotopic (exact) mass is 284 g/mol. The molecule has 0 spiro atoms. The van der Waals surface area contributed by atoms with Gasteiger partial charge in [-0.25, -0.2) is 13.1 Å². The second-order valence-electron chi connectivity index (χ2n) is 5.47. The Bertz CT molecular complexity index is 615. The van der Waals surface area contributed by atoms with E-state index in [9.17, 15) is 13.2 Å². The van der Waals surface area contributed by atoms with Crippen LogP contribution in [0.2, 0.25) is 0 Å². The molecule has 7 heteroatoms. The zero-order valence-electron chi connectivity index (χ0n) is 10.8. The molecule has 1 amide bonds. The van der Waals surface area contributed by atoms with Gasteiger partial charge >= 0.3 is 0 Å². The SMILES string of the molecule is Cc1noc(C)c1S(=O)(=O)NC(=O)[C@@H]1CC[C@@H]2C[C@@H]21. The predicted octanol–water partition coefficient (Wildman–Crippen LogP) is 1.14. The topological polar surface area (TPSA) is 89.3 Å². The number of amides is 1.